The third-order valence-corrected chi connectivity index (χ3v) is 3.14. The number of aryl methyl sites for hydroxylation is 2. The van der Waals surface area contributed by atoms with E-state index in [4.69, 9.17) is 4.74 Å². The van der Waals surface area contributed by atoms with Crippen molar-refractivity contribution in [2.24, 2.45) is 0 Å². The molecule has 3 nitrogen and oxygen atoms in total. The maximum absolute atomic E-state index is 5.89. The van der Waals surface area contributed by atoms with Crippen LogP contribution >= 0.6 is 0 Å². The Morgan fingerprint density at radius 3 is 2.63 bits per heavy atom. The molecule has 0 aliphatic heterocycles. The van der Waals surface area contributed by atoms with E-state index in [0.29, 0.717) is 6.61 Å². The Balaban J connectivity index is 1.91. The molecule has 0 radical (unpaired) electrons. The van der Waals surface area contributed by atoms with Crippen molar-refractivity contribution < 1.29 is 4.74 Å². The monoisotopic (exact) mass is 252 g/mol. The van der Waals surface area contributed by atoms with Gasteiger partial charge in [0.05, 0.1) is 5.69 Å². The van der Waals surface area contributed by atoms with Crippen LogP contribution in [0.15, 0.2) is 48.7 Å². The fourth-order valence-electron chi connectivity index (χ4n) is 2.14. The zero-order valence-corrected chi connectivity index (χ0v) is 11.1. The second-order valence-electron chi connectivity index (χ2n) is 4.69. The lowest BCUT2D eigenvalue weighted by Crippen LogP contribution is -1.98. The summed E-state index contributed by atoms with van der Waals surface area (Å²) in [4.78, 5) is 4.52. The van der Waals surface area contributed by atoms with E-state index in [1.165, 1.54) is 0 Å². The predicted octanol–water partition coefficient (Wildman–Crippen LogP) is 3.53. The molecule has 0 aliphatic carbocycles. The first-order valence-electron chi connectivity index (χ1n) is 6.36. The Labute approximate surface area is 112 Å². The van der Waals surface area contributed by atoms with Gasteiger partial charge in [-0.2, -0.15) is 0 Å². The quantitative estimate of drug-likeness (QED) is 0.713. The van der Waals surface area contributed by atoms with E-state index >= 15 is 0 Å². The van der Waals surface area contributed by atoms with Crippen LogP contribution in [0.5, 0.6) is 5.75 Å². The van der Waals surface area contributed by atoms with Crippen molar-refractivity contribution in [3.05, 3.63) is 65.6 Å². The van der Waals surface area contributed by atoms with Crippen LogP contribution in [0.2, 0.25) is 0 Å². The third kappa shape index (κ3) is 2.32. The van der Waals surface area contributed by atoms with E-state index in [0.717, 1.165) is 28.3 Å². The highest BCUT2D eigenvalue weighted by Gasteiger charge is 2.07. The Morgan fingerprint density at radius 2 is 1.84 bits per heavy atom. The van der Waals surface area contributed by atoms with Gasteiger partial charge in [-0.3, -0.25) is 0 Å². The third-order valence-electron chi connectivity index (χ3n) is 3.14. The van der Waals surface area contributed by atoms with Crippen molar-refractivity contribution in [1.82, 2.24) is 9.38 Å². The summed E-state index contributed by atoms with van der Waals surface area (Å²) in [5.41, 5.74) is 4.19. The lowest BCUT2D eigenvalue weighted by atomic mass is 10.2. The average Bonchev–Trinajstić information content (AvgIpc) is 2.82. The van der Waals surface area contributed by atoms with Crippen molar-refractivity contribution in [2.75, 3.05) is 0 Å². The van der Waals surface area contributed by atoms with Crippen molar-refractivity contribution in [2.45, 2.75) is 20.5 Å². The minimum Gasteiger partial charge on any atom is -0.485 e. The number of aromatic nitrogens is 2. The summed E-state index contributed by atoms with van der Waals surface area (Å²) in [5, 5.41) is 0. The van der Waals surface area contributed by atoms with E-state index in [1.54, 1.807) is 0 Å². The molecule has 3 heteroatoms. The fourth-order valence-corrected chi connectivity index (χ4v) is 2.14. The minimum absolute atomic E-state index is 0.561. The lowest BCUT2D eigenvalue weighted by Gasteiger charge is -2.08. The Kier molecular flexibility index (Phi) is 2.95. The molecule has 0 aliphatic rings. The van der Waals surface area contributed by atoms with Crippen molar-refractivity contribution in [3.8, 4) is 5.75 Å². The largest absolute Gasteiger partial charge is 0.485 e. The second kappa shape index (κ2) is 4.76. The number of benzene rings is 1. The molecule has 1 aromatic carbocycles. The summed E-state index contributed by atoms with van der Waals surface area (Å²) < 4.78 is 7.96. The molecule has 0 bridgehead atoms. The Hall–Kier alpha value is -2.29. The van der Waals surface area contributed by atoms with E-state index in [-0.39, 0.29) is 0 Å². The molecule has 96 valence electrons. The van der Waals surface area contributed by atoms with Crippen LogP contribution in [0.4, 0.5) is 0 Å². The highest BCUT2D eigenvalue weighted by molar-refractivity contribution is 5.55. The van der Waals surface area contributed by atoms with Gasteiger partial charge >= 0.3 is 0 Å². The molecule has 0 fully saturated rings. The van der Waals surface area contributed by atoms with Crippen molar-refractivity contribution in [1.29, 1.82) is 0 Å². The summed E-state index contributed by atoms with van der Waals surface area (Å²) in [6.07, 6.45) is 2.03. The van der Waals surface area contributed by atoms with Gasteiger partial charge in [0.2, 0.25) is 0 Å². The number of hydrogen-bond donors (Lipinski definition) is 0. The van der Waals surface area contributed by atoms with Crippen LogP contribution in [-0.2, 0) is 6.61 Å². The molecule has 0 spiro atoms. The summed E-state index contributed by atoms with van der Waals surface area (Å²) in [6.45, 7) is 4.62. The van der Waals surface area contributed by atoms with E-state index < -0.39 is 0 Å². The topological polar surface area (TPSA) is 26.5 Å². The standard InChI is InChI=1S/C16H16N2O/c1-12-10-18-13(2)8-9-15(16(18)17-12)19-11-14-6-4-3-5-7-14/h3-10H,11H2,1-2H3. The normalized spacial score (nSPS) is 10.8. The van der Waals surface area contributed by atoms with Gasteiger partial charge in [-0.15, -0.1) is 0 Å². The molecule has 3 aromatic rings. The molecule has 0 saturated heterocycles. The molecule has 0 N–H and O–H groups in total. The number of nitrogens with zero attached hydrogens (tertiary/aromatic N) is 2. The highest BCUT2D eigenvalue weighted by atomic mass is 16.5. The van der Waals surface area contributed by atoms with Crippen LogP contribution in [0, 0.1) is 13.8 Å². The molecule has 19 heavy (non-hydrogen) atoms. The lowest BCUT2D eigenvalue weighted by molar-refractivity contribution is 0.308. The van der Waals surface area contributed by atoms with Gasteiger partial charge in [-0.1, -0.05) is 30.3 Å². The highest BCUT2D eigenvalue weighted by Crippen LogP contribution is 2.22. The predicted molar refractivity (Wildman–Crippen MR) is 75.4 cm³/mol. The maximum Gasteiger partial charge on any atom is 0.180 e. The number of imidazole rings is 1. The first kappa shape index (κ1) is 11.8. The summed E-state index contributed by atoms with van der Waals surface area (Å²) in [7, 11) is 0. The van der Waals surface area contributed by atoms with E-state index in [2.05, 4.69) is 34.5 Å². The van der Waals surface area contributed by atoms with E-state index in [9.17, 15) is 0 Å². The second-order valence-corrected chi connectivity index (χ2v) is 4.69. The fraction of sp³-hybridized carbons (Fsp3) is 0.188. The summed E-state index contributed by atoms with van der Waals surface area (Å²) in [5.74, 6) is 0.822. The minimum atomic E-state index is 0.561. The molecule has 0 saturated carbocycles. The number of fused-ring (bicyclic) bond motifs is 1. The number of hydrogen-bond acceptors (Lipinski definition) is 2. The summed E-state index contributed by atoms with van der Waals surface area (Å²) in [6, 6.07) is 14.2. The van der Waals surface area contributed by atoms with Crippen LogP contribution in [0.25, 0.3) is 5.65 Å². The molecular formula is C16H16N2O. The molecule has 0 amide bonds. The van der Waals surface area contributed by atoms with Gasteiger partial charge in [-0.05, 0) is 31.5 Å². The van der Waals surface area contributed by atoms with Gasteiger partial charge in [-0.25, -0.2) is 4.98 Å². The number of pyridine rings is 1. The zero-order chi connectivity index (χ0) is 13.2. The van der Waals surface area contributed by atoms with Crippen LogP contribution in [0.1, 0.15) is 17.0 Å². The number of rotatable bonds is 3. The van der Waals surface area contributed by atoms with Crippen molar-refractivity contribution in [3.63, 3.8) is 0 Å². The molecule has 0 atom stereocenters. The Morgan fingerprint density at radius 1 is 1.05 bits per heavy atom. The first-order valence-corrected chi connectivity index (χ1v) is 6.36. The molecule has 3 rings (SSSR count). The van der Waals surface area contributed by atoms with E-state index in [1.807, 2.05) is 37.4 Å². The van der Waals surface area contributed by atoms with Gasteiger partial charge in [0.15, 0.2) is 11.4 Å². The smallest absolute Gasteiger partial charge is 0.180 e. The van der Waals surface area contributed by atoms with Gasteiger partial charge < -0.3 is 9.14 Å². The zero-order valence-electron chi connectivity index (χ0n) is 11.1. The van der Waals surface area contributed by atoms with Gasteiger partial charge in [0, 0.05) is 11.9 Å². The molecule has 0 unspecified atom stereocenters. The molecule has 2 aromatic heterocycles. The van der Waals surface area contributed by atoms with Crippen molar-refractivity contribution >= 4 is 5.65 Å². The van der Waals surface area contributed by atoms with Gasteiger partial charge in [0.25, 0.3) is 0 Å². The first-order chi connectivity index (χ1) is 9.24. The van der Waals surface area contributed by atoms with Crippen LogP contribution in [-0.4, -0.2) is 9.38 Å². The van der Waals surface area contributed by atoms with Crippen LogP contribution < -0.4 is 4.74 Å². The molecule has 2 heterocycles. The number of ether oxygens (including phenoxy) is 1. The van der Waals surface area contributed by atoms with Gasteiger partial charge in [0.1, 0.15) is 6.61 Å². The SMILES string of the molecule is Cc1cn2c(C)ccc(OCc3ccccc3)c2n1. The Bertz CT molecular complexity index is 701. The summed E-state index contributed by atoms with van der Waals surface area (Å²) >= 11 is 0. The molecular weight excluding hydrogens is 236 g/mol. The maximum atomic E-state index is 5.89. The average molecular weight is 252 g/mol. The van der Waals surface area contributed by atoms with Crippen LogP contribution in [0.3, 0.4) is 0 Å².